The molecule has 2 rings (SSSR count). The zero-order valence-electron chi connectivity index (χ0n) is 13.5. The lowest BCUT2D eigenvalue weighted by atomic mass is 10.1. The molecule has 9 heteroatoms. The molecule has 2 aromatic carbocycles. The second-order valence-corrected chi connectivity index (χ2v) is 5.65. The fraction of sp³-hybridized carbons (Fsp3) is 0.0588. The zero-order valence-corrected chi connectivity index (χ0v) is 15.0. The van der Waals surface area contributed by atoms with Crippen molar-refractivity contribution in [1.82, 2.24) is 5.43 Å². The van der Waals surface area contributed by atoms with Crippen molar-refractivity contribution in [3.63, 3.8) is 0 Å². The van der Waals surface area contributed by atoms with Crippen molar-refractivity contribution >= 4 is 52.9 Å². The van der Waals surface area contributed by atoms with Crippen molar-refractivity contribution in [2.45, 2.75) is 0 Å². The number of halogens is 2. The number of carbonyl (C=O) groups excluding carboxylic acids is 3. The lowest BCUT2D eigenvalue weighted by molar-refractivity contribution is -0.136. The molecule has 0 atom stereocenters. The summed E-state index contributed by atoms with van der Waals surface area (Å²) in [6.07, 6.45) is 1.32. The van der Waals surface area contributed by atoms with Gasteiger partial charge in [0.15, 0.2) is 0 Å². The third kappa shape index (κ3) is 5.05. The van der Waals surface area contributed by atoms with E-state index in [9.17, 15) is 14.4 Å². The minimum atomic E-state index is -0.983. The Morgan fingerprint density at radius 3 is 2.38 bits per heavy atom. The maximum Gasteiger partial charge on any atom is 0.337 e. The number of amides is 2. The van der Waals surface area contributed by atoms with Crippen LogP contribution in [0.15, 0.2) is 47.6 Å². The quantitative estimate of drug-likeness (QED) is 0.361. The minimum absolute atomic E-state index is 0.129. The molecular weight excluding hydrogens is 381 g/mol. The van der Waals surface area contributed by atoms with E-state index in [-0.39, 0.29) is 15.7 Å². The summed E-state index contributed by atoms with van der Waals surface area (Å²) in [5, 5.41) is 6.39. The highest BCUT2D eigenvalue weighted by Crippen LogP contribution is 2.29. The average Bonchev–Trinajstić information content (AvgIpc) is 2.65. The molecule has 134 valence electrons. The van der Waals surface area contributed by atoms with Crippen LogP contribution in [0.4, 0.5) is 5.69 Å². The van der Waals surface area contributed by atoms with E-state index in [4.69, 9.17) is 23.2 Å². The summed E-state index contributed by atoms with van der Waals surface area (Å²) in [6.45, 7) is 0. The smallest absolute Gasteiger partial charge is 0.337 e. The first-order valence-electron chi connectivity index (χ1n) is 7.19. The molecule has 0 bridgehead atoms. The third-order valence-electron chi connectivity index (χ3n) is 3.12. The number of anilines is 1. The Balaban J connectivity index is 1.93. The van der Waals surface area contributed by atoms with Crippen molar-refractivity contribution in [2.75, 3.05) is 12.4 Å². The van der Waals surface area contributed by atoms with Gasteiger partial charge >= 0.3 is 17.8 Å². The first kappa shape index (κ1) is 19.4. The molecule has 0 saturated carbocycles. The zero-order chi connectivity index (χ0) is 19.1. The molecule has 2 aromatic rings. The highest BCUT2D eigenvalue weighted by molar-refractivity contribution is 6.45. The summed E-state index contributed by atoms with van der Waals surface area (Å²) in [7, 11) is 1.29. The Bertz CT molecular complexity index is 867. The molecule has 0 aliphatic carbocycles. The largest absolute Gasteiger partial charge is 0.465 e. The predicted molar refractivity (Wildman–Crippen MR) is 98.6 cm³/mol. The molecule has 0 unspecified atom stereocenters. The molecule has 2 amide bonds. The number of hydrazone groups is 1. The summed E-state index contributed by atoms with van der Waals surface area (Å²) in [5.74, 6) is -2.39. The second-order valence-electron chi connectivity index (χ2n) is 4.87. The van der Waals surface area contributed by atoms with Crippen LogP contribution in [0.25, 0.3) is 0 Å². The van der Waals surface area contributed by atoms with Crippen molar-refractivity contribution in [2.24, 2.45) is 5.10 Å². The van der Waals surface area contributed by atoms with Crippen LogP contribution in [0.5, 0.6) is 0 Å². The van der Waals surface area contributed by atoms with E-state index in [1.807, 2.05) is 0 Å². The standard InChI is InChI=1S/C17H13Cl2N3O4/c1-26-17(25)11-7-5-10(6-8-11)9-20-22-16(24)15(23)21-13-4-2-3-12(18)14(13)19/h2-9H,1H3,(H,21,23)(H,22,24)/b20-9-. The molecular formula is C17H13Cl2N3O4. The van der Waals surface area contributed by atoms with Gasteiger partial charge in [0.1, 0.15) is 0 Å². The normalized spacial score (nSPS) is 10.4. The highest BCUT2D eigenvalue weighted by atomic mass is 35.5. The summed E-state index contributed by atoms with van der Waals surface area (Å²) < 4.78 is 4.59. The Morgan fingerprint density at radius 2 is 1.73 bits per heavy atom. The number of rotatable bonds is 4. The first-order valence-corrected chi connectivity index (χ1v) is 7.94. The number of benzene rings is 2. The summed E-state index contributed by atoms with van der Waals surface area (Å²) in [6, 6.07) is 10.9. The molecule has 0 spiro atoms. The Morgan fingerprint density at radius 1 is 1.04 bits per heavy atom. The lowest BCUT2D eigenvalue weighted by Crippen LogP contribution is -2.32. The monoisotopic (exact) mass is 393 g/mol. The summed E-state index contributed by atoms with van der Waals surface area (Å²) in [5.41, 5.74) is 3.28. The fourth-order valence-electron chi connectivity index (χ4n) is 1.82. The molecule has 0 aliphatic heterocycles. The molecule has 0 radical (unpaired) electrons. The van der Waals surface area contributed by atoms with Crippen LogP contribution in [0.3, 0.4) is 0 Å². The van der Waals surface area contributed by atoms with E-state index < -0.39 is 17.8 Å². The predicted octanol–water partition coefficient (Wildman–Crippen LogP) is 2.87. The molecule has 0 aliphatic rings. The van der Waals surface area contributed by atoms with E-state index in [2.05, 4.69) is 20.6 Å². The maximum atomic E-state index is 11.8. The highest BCUT2D eigenvalue weighted by Gasteiger charge is 2.15. The number of nitrogens with one attached hydrogen (secondary N) is 2. The number of nitrogens with zero attached hydrogens (tertiary/aromatic N) is 1. The molecule has 26 heavy (non-hydrogen) atoms. The molecule has 0 fully saturated rings. The van der Waals surface area contributed by atoms with Gasteiger partial charge in [-0.1, -0.05) is 41.4 Å². The van der Waals surface area contributed by atoms with Gasteiger partial charge in [0, 0.05) is 0 Å². The van der Waals surface area contributed by atoms with Crippen molar-refractivity contribution in [1.29, 1.82) is 0 Å². The van der Waals surface area contributed by atoms with E-state index in [1.165, 1.54) is 19.4 Å². The topological polar surface area (TPSA) is 96.9 Å². The maximum absolute atomic E-state index is 11.8. The number of methoxy groups -OCH3 is 1. The molecule has 0 heterocycles. The first-order chi connectivity index (χ1) is 12.4. The van der Waals surface area contributed by atoms with Crippen LogP contribution >= 0.6 is 23.2 Å². The summed E-state index contributed by atoms with van der Waals surface area (Å²) in [4.78, 5) is 34.9. The van der Waals surface area contributed by atoms with E-state index in [1.54, 1.807) is 36.4 Å². The molecule has 7 nitrogen and oxygen atoms in total. The van der Waals surface area contributed by atoms with Crippen LogP contribution in [0.2, 0.25) is 10.0 Å². The number of ether oxygens (including phenoxy) is 1. The Kier molecular flexibility index (Phi) is 6.71. The molecule has 2 N–H and O–H groups in total. The van der Waals surface area contributed by atoms with Gasteiger partial charge in [0.25, 0.3) is 0 Å². The van der Waals surface area contributed by atoms with Crippen molar-refractivity contribution in [3.05, 3.63) is 63.6 Å². The lowest BCUT2D eigenvalue weighted by Gasteiger charge is -2.06. The Labute approximate surface area is 158 Å². The van der Waals surface area contributed by atoms with Crippen LogP contribution < -0.4 is 10.7 Å². The van der Waals surface area contributed by atoms with Gasteiger partial charge in [0.05, 0.1) is 34.6 Å². The SMILES string of the molecule is COC(=O)c1ccc(/C=N\NC(=O)C(=O)Nc2cccc(Cl)c2Cl)cc1. The Hall–Kier alpha value is -2.90. The molecule has 0 aromatic heterocycles. The van der Waals surface area contributed by atoms with Crippen molar-refractivity contribution < 1.29 is 19.1 Å². The fourth-order valence-corrected chi connectivity index (χ4v) is 2.17. The van der Waals surface area contributed by atoms with Gasteiger partial charge < -0.3 is 10.1 Å². The average molecular weight is 394 g/mol. The number of carbonyl (C=O) groups is 3. The molecule has 0 saturated heterocycles. The van der Waals surface area contributed by atoms with Crippen LogP contribution in [0, 0.1) is 0 Å². The van der Waals surface area contributed by atoms with Gasteiger partial charge in [-0.15, -0.1) is 0 Å². The second kappa shape index (κ2) is 8.98. The van der Waals surface area contributed by atoms with E-state index >= 15 is 0 Å². The number of hydrogen-bond donors (Lipinski definition) is 2. The van der Waals surface area contributed by atoms with Gasteiger partial charge in [-0.2, -0.15) is 5.10 Å². The van der Waals surface area contributed by atoms with Crippen LogP contribution in [-0.4, -0.2) is 31.1 Å². The van der Waals surface area contributed by atoms with E-state index in [0.29, 0.717) is 11.1 Å². The van der Waals surface area contributed by atoms with Gasteiger partial charge in [-0.05, 0) is 29.8 Å². The third-order valence-corrected chi connectivity index (χ3v) is 3.94. The van der Waals surface area contributed by atoms with E-state index in [0.717, 1.165) is 0 Å². The van der Waals surface area contributed by atoms with Gasteiger partial charge in [-0.3, -0.25) is 9.59 Å². The summed E-state index contributed by atoms with van der Waals surface area (Å²) >= 11 is 11.8. The van der Waals surface area contributed by atoms with Gasteiger partial charge in [-0.25, -0.2) is 10.2 Å². The van der Waals surface area contributed by atoms with Crippen molar-refractivity contribution in [3.8, 4) is 0 Å². The van der Waals surface area contributed by atoms with Crippen LogP contribution in [0.1, 0.15) is 15.9 Å². The van der Waals surface area contributed by atoms with Gasteiger partial charge in [0.2, 0.25) is 0 Å². The minimum Gasteiger partial charge on any atom is -0.465 e. The van der Waals surface area contributed by atoms with Crippen LogP contribution in [-0.2, 0) is 14.3 Å². The number of hydrogen-bond acceptors (Lipinski definition) is 5. The number of esters is 1.